The van der Waals surface area contributed by atoms with Crippen LogP contribution in [0.2, 0.25) is 6.04 Å². The van der Waals surface area contributed by atoms with E-state index in [0.717, 1.165) is 12.8 Å². The summed E-state index contributed by atoms with van der Waals surface area (Å²) < 4.78 is 17.4. The number of rotatable bonds is 12. The molecule has 0 aromatic rings. The van der Waals surface area contributed by atoms with E-state index < -0.39 is 26.6 Å². The van der Waals surface area contributed by atoms with Gasteiger partial charge in [-0.1, -0.05) is 12.8 Å². The van der Waals surface area contributed by atoms with E-state index in [9.17, 15) is 14.7 Å². The summed E-state index contributed by atoms with van der Waals surface area (Å²) in [5, 5.41) is 12.2. The molecule has 1 aliphatic rings. The predicted octanol–water partition coefficient (Wildman–Crippen LogP) is 2.43. The molecule has 1 saturated carbocycles. The van der Waals surface area contributed by atoms with Crippen LogP contribution in [0.5, 0.6) is 0 Å². The van der Waals surface area contributed by atoms with Gasteiger partial charge in [-0.05, 0) is 40.0 Å². The molecule has 0 bridgehead atoms. The Morgan fingerprint density at radius 3 is 2.00 bits per heavy atom. The van der Waals surface area contributed by atoms with Crippen molar-refractivity contribution in [3.8, 4) is 0 Å². The first-order valence-electron chi connectivity index (χ1n) is 9.42. The maximum Gasteiger partial charge on any atom is 0.500 e. The van der Waals surface area contributed by atoms with Crippen LogP contribution in [0.4, 0.5) is 0 Å². The second-order valence-electron chi connectivity index (χ2n) is 6.21. The number of carbonyl (C=O) groups is 2. The monoisotopic (exact) mass is 375 g/mol. The number of nitrogens with one attached hydrogen (secondary N) is 1. The SMILES string of the molecule is CCO[Si](CCCNC(=O)C1CCCCC1C(=O)O)(OCC)OCC. The van der Waals surface area contributed by atoms with Crippen LogP contribution in [0.15, 0.2) is 0 Å². The van der Waals surface area contributed by atoms with E-state index in [-0.39, 0.29) is 5.91 Å². The minimum atomic E-state index is -2.68. The molecule has 2 atom stereocenters. The van der Waals surface area contributed by atoms with Crippen LogP contribution in [-0.4, -0.2) is 52.2 Å². The van der Waals surface area contributed by atoms with Crippen LogP contribution in [0.1, 0.15) is 52.9 Å². The highest BCUT2D eigenvalue weighted by molar-refractivity contribution is 6.60. The highest BCUT2D eigenvalue weighted by atomic mass is 28.4. The molecule has 0 aromatic heterocycles. The summed E-state index contributed by atoms with van der Waals surface area (Å²) >= 11 is 0. The molecule has 0 aliphatic heterocycles. The van der Waals surface area contributed by atoms with Gasteiger partial charge in [-0.3, -0.25) is 9.59 Å². The smallest absolute Gasteiger partial charge is 0.481 e. The summed E-state index contributed by atoms with van der Waals surface area (Å²) in [5.41, 5.74) is 0. The molecule has 0 radical (unpaired) electrons. The van der Waals surface area contributed by atoms with Crippen molar-refractivity contribution in [3.05, 3.63) is 0 Å². The zero-order chi connectivity index (χ0) is 18.7. The molecule has 1 rings (SSSR count). The Bertz CT molecular complexity index is 403. The summed E-state index contributed by atoms with van der Waals surface area (Å²) in [4.78, 5) is 23.7. The van der Waals surface area contributed by atoms with Crippen molar-refractivity contribution < 1.29 is 28.0 Å². The van der Waals surface area contributed by atoms with Crippen LogP contribution < -0.4 is 5.32 Å². The molecule has 25 heavy (non-hydrogen) atoms. The average Bonchev–Trinajstić information content (AvgIpc) is 2.59. The third-order valence-electron chi connectivity index (χ3n) is 4.47. The average molecular weight is 376 g/mol. The lowest BCUT2D eigenvalue weighted by molar-refractivity contribution is -0.148. The maximum atomic E-state index is 12.4. The van der Waals surface area contributed by atoms with Gasteiger partial charge in [0.05, 0.1) is 11.8 Å². The molecule has 146 valence electrons. The molecule has 2 N–H and O–H groups in total. The lowest BCUT2D eigenvalue weighted by atomic mass is 9.79. The number of carbonyl (C=O) groups excluding carboxylic acids is 1. The van der Waals surface area contributed by atoms with Crippen LogP contribution >= 0.6 is 0 Å². The largest absolute Gasteiger partial charge is 0.500 e. The second-order valence-corrected chi connectivity index (χ2v) is 8.94. The van der Waals surface area contributed by atoms with Gasteiger partial charge in [-0.15, -0.1) is 0 Å². The molecule has 0 aromatic carbocycles. The fourth-order valence-corrected chi connectivity index (χ4v) is 6.00. The summed E-state index contributed by atoms with van der Waals surface area (Å²) in [6, 6.07) is 0.635. The Kier molecular flexibility index (Phi) is 10.3. The van der Waals surface area contributed by atoms with Crippen molar-refractivity contribution in [2.45, 2.75) is 58.9 Å². The van der Waals surface area contributed by atoms with Gasteiger partial charge in [0, 0.05) is 32.4 Å². The quantitative estimate of drug-likeness (QED) is 0.402. The van der Waals surface area contributed by atoms with Gasteiger partial charge in [-0.25, -0.2) is 0 Å². The van der Waals surface area contributed by atoms with E-state index in [0.29, 0.717) is 51.7 Å². The van der Waals surface area contributed by atoms with Crippen LogP contribution in [-0.2, 0) is 22.9 Å². The van der Waals surface area contributed by atoms with Crippen LogP contribution in [0, 0.1) is 11.8 Å². The van der Waals surface area contributed by atoms with Gasteiger partial charge < -0.3 is 23.7 Å². The Morgan fingerprint density at radius 2 is 1.52 bits per heavy atom. The lowest BCUT2D eigenvalue weighted by Gasteiger charge is -2.29. The number of aliphatic carboxylic acids is 1. The lowest BCUT2D eigenvalue weighted by Crippen LogP contribution is -2.46. The topological polar surface area (TPSA) is 94.1 Å². The maximum absolute atomic E-state index is 12.4. The molecule has 0 saturated heterocycles. The highest BCUT2D eigenvalue weighted by Gasteiger charge is 2.40. The zero-order valence-electron chi connectivity index (χ0n) is 15.7. The van der Waals surface area contributed by atoms with Crippen LogP contribution in [0.3, 0.4) is 0 Å². The van der Waals surface area contributed by atoms with Crippen molar-refractivity contribution in [2.75, 3.05) is 26.4 Å². The highest BCUT2D eigenvalue weighted by Crippen LogP contribution is 2.30. The molecule has 7 nitrogen and oxygen atoms in total. The fourth-order valence-electron chi connectivity index (χ4n) is 3.39. The molecule has 1 aliphatic carbocycles. The van der Waals surface area contributed by atoms with E-state index in [1.807, 2.05) is 20.8 Å². The van der Waals surface area contributed by atoms with E-state index in [4.69, 9.17) is 13.3 Å². The first-order valence-corrected chi connectivity index (χ1v) is 11.3. The van der Waals surface area contributed by atoms with Gasteiger partial charge in [0.25, 0.3) is 0 Å². The molecular weight excluding hydrogens is 342 g/mol. The standard InChI is InChI=1S/C17H33NO6Si/c1-4-22-25(23-5-2,24-6-3)13-9-12-18-16(19)14-10-7-8-11-15(14)17(20)21/h14-15H,4-13H2,1-3H3,(H,18,19)(H,20,21). The molecular formula is C17H33NO6Si. The van der Waals surface area contributed by atoms with E-state index in [1.54, 1.807) is 0 Å². The van der Waals surface area contributed by atoms with Crippen molar-refractivity contribution in [1.82, 2.24) is 5.32 Å². The molecule has 0 spiro atoms. The van der Waals surface area contributed by atoms with Gasteiger partial charge in [0.1, 0.15) is 0 Å². The Balaban J connectivity index is 2.48. The molecule has 1 fully saturated rings. The molecule has 0 heterocycles. The number of amides is 1. The molecule has 2 unspecified atom stereocenters. The minimum absolute atomic E-state index is 0.149. The van der Waals surface area contributed by atoms with Gasteiger partial charge >= 0.3 is 14.8 Å². The van der Waals surface area contributed by atoms with Crippen molar-refractivity contribution in [1.29, 1.82) is 0 Å². The van der Waals surface area contributed by atoms with Crippen molar-refractivity contribution in [3.63, 3.8) is 0 Å². The number of carboxylic acids is 1. The predicted molar refractivity (Wildman–Crippen MR) is 96.1 cm³/mol. The Labute approximate surface area is 151 Å². The summed E-state index contributed by atoms with van der Waals surface area (Å²) in [7, 11) is -2.68. The zero-order valence-corrected chi connectivity index (χ0v) is 16.7. The first-order chi connectivity index (χ1) is 12.0. The van der Waals surface area contributed by atoms with E-state index >= 15 is 0 Å². The third-order valence-corrected chi connectivity index (χ3v) is 7.62. The van der Waals surface area contributed by atoms with Gasteiger partial charge in [-0.2, -0.15) is 0 Å². The number of hydrogen-bond donors (Lipinski definition) is 2. The second kappa shape index (κ2) is 11.6. The first kappa shape index (κ1) is 22.1. The van der Waals surface area contributed by atoms with Crippen molar-refractivity contribution in [2.24, 2.45) is 11.8 Å². The van der Waals surface area contributed by atoms with E-state index in [1.165, 1.54) is 0 Å². The minimum Gasteiger partial charge on any atom is -0.481 e. The van der Waals surface area contributed by atoms with Crippen molar-refractivity contribution >= 4 is 20.7 Å². The Morgan fingerprint density at radius 1 is 1.00 bits per heavy atom. The summed E-state index contributed by atoms with van der Waals surface area (Å²) in [6.45, 7) is 7.80. The normalized spacial score (nSPS) is 21.1. The van der Waals surface area contributed by atoms with E-state index in [2.05, 4.69) is 5.32 Å². The number of hydrogen-bond acceptors (Lipinski definition) is 5. The van der Waals surface area contributed by atoms with Crippen LogP contribution in [0.25, 0.3) is 0 Å². The summed E-state index contributed by atoms with van der Waals surface area (Å²) in [5.74, 6) is -1.99. The Hall–Kier alpha value is -0.963. The number of carboxylic acid groups (broad SMARTS) is 1. The molecule has 8 heteroatoms. The summed E-state index contributed by atoms with van der Waals surface area (Å²) in [6.07, 6.45) is 3.71. The third kappa shape index (κ3) is 7.05. The van der Waals surface area contributed by atoms with Gasteiger partial charge in [0.15, 0.2) is 0 Å². The molecule has 1 amide bonds. The van der Waals surface area contributed by atoms with Gasteiger partial charge in [0.2, 0.25) is 5.91 Å². The fraction of sp³-hybridized carbons (Fsp3) is 0.882.